The summed E-state index contributed by atoms with van der Waals surface area (Å²) in [6.07, 6.45) is 1.10. The average Bonchev–Trinajstić information content (AvgIpc) is 1.81. The van der Waals surface area contributed by atoms with Crippen LogP contribution in [-0.2, 0) is 9.47 Å². The van der Waals surface area contributed by atoms with Gasteiger partial charge < -0.3 is 14.6 Å². The Morgan fingerprint density at radius 2 is 2.08 bits per heavy atom. The van der Waals surface area contributed by atoms with E-state index in [1.54, 1.807) is 0 Å². The van der Waals surface area contributed by atoms with Crippen LogP contribution in [-0.4, -0.2) is 29.7 Å². The highest BCUT2D eigenvalue weighted by molar-refractivity contribution is 4.70. The van der Waals surface area contributed by atoms with E-state index in [1.165, 1.54) is 0 Å². The Morgan fingerprint density at radius 1 is 1.42 bits per heavy atom. The Balaban J connectivity index is 2.34. The van der Waals surface area contributed by atoms with Gasteiger partial charge in [-0.1, -0.05) is 0 Å². The molecule has 0 amide bonds. The van der Waals surface area contributed by atoms with Crippen LogP contribution < -0.4 is 0 Å². The molecule has 3 unspecified atom stereocenters. The van der Waals surface area contributed by atoms with Gasteiger partial charge in [-0.3, -0.25) is 0 Å². The molecule has 1 aliphatic heterocycles. The van der Waals surface area contributed by atoms with Crippen LogP contribution in [0.2, 0.25) is 0 Å². The van der Waals surface area contributed by atoms with Crippen LogP contribution in [0.4, 0.5) is 0 Å². The van der Waals surface area contributed by atoms with Crippen molar-refractivity contribution >= 4 is 0 Å². The molecule has 1 saturated heterocycles. The summed E-state index contributed by atoms with van der Waals surface area (Å²) < 4.78 is 10.9. The SMILES string of the molecule is CC(C)OC1CC(O)CC(C)O1. The molecule has 72 valence electrons. The predicted octanol–water partition coefficient (Wildman–Crippen LogP) is 1.30. The van der Waals surface area contributed by atoms with Crippen LogP contribution in [0.25, 0.3) is 0 Å². The molecule has 1 fully saturated rings. The fraction of sp³-hybridized carbons (Fsp3) is 1.00. The number of aliphatic hydroxyl groups excluding tert-OH is 1. The van der Waals surface area contributed by atoms with Gasteiger partial charge in [0.2, 0.25) is 0 Å². The molecular weight excluding hydrogens is 156 g/mol. The van der Waals surface area contributed by atoms with E-state index in [1.807, 2.05) is 20.8 Å². The summed E-state index contributed by atoms with van der Waals surface area (Å²) in [7, 11) is 0. The van der Waals surface area contributed by atoms with E-state index in [2.05, 4.69) is 0 Å². The van der Waals surface area contributed by atoms with Gasteiger partial charge in [0.15, 0.2) is 6.29 Å². The minimum Gasteiger partial charge on any atom is -0.393 e. The van der Waals surface area contributed by atoms with Crippen molar-refractivity contribution in [3.8, 4) is 0 Å². The zero-order chi connectivity index (χ0) is 9.14. The summed E-state index contributed by atoms with van der Waals surface area (Å²) in [5.74, 6) is 0. The lowest BCUT2D eigenvalue weighted by Gasteiger charge is -2.32. The smallest absolute Gasteiger partial charge is 0.160 e. The Bertz CT molecular complexity index is 123. The van der Waals surface area contributed by atoms with E-state index in [-0.39, 0.29) is 24.6 Å². The molecule has 0 radical (unpaired) electrons. The summed E-state index contributed by atoms with van der Waals surface area (Å²) in [4.78, 5) is 0. The van der Waals surface area contributed by atoms with Crippen LogP contribution >= 0.6 is 0 Å². The van der Waals surface area contributed by atoms with E-state index in [9.17, 15) is 5.11 Å². The van der Waals surface area contributed by atoms with Crippen molar-refractivity contribution in [3.63, 3.8) is 0 Å². The van der Waals surface area contributed by atoms with Gasteiger partial charge in [0.25, 0.3) is 0 Å². The fourth-order valence-electron chi connectivity index (χ4n) is 1.46. The monoisotopic (exact) mass is 174 g/mol. The summed E-state index contributed by atoms with van der Waals surface area (Å²) in [6.45, 7) is 5.89. The molecule has 1 rings (SSSR count). The zero-order valence-electron chi connectivity index (χ0n) is 7.99. The van der Waals surface area contributed by atoms with Gasteiger partial charge in [0.1, 0.15) is 0 Å². The Hall–Kier alpha value is -0.120. The van der Waals surface area contributed by atoms with Gasteiger partial charge in [0.05, 0.1) is 18.3 Å². The van der Waals surface area contributed by atoms with E-state index in [0.717, 1.165) is 6.42 Å². The maximum atomic E-state index is 9.40. The van der Waals surface area contributed by atoms with Gasteiger partial charge in [-0.15, -0.1) is 0 Å². The van der Waals surface area contributed by atoms with E-state index in [4.69, 9.17) is 9.47 Å². The third-order valence-corrected chi connectivity index (χ3v) is 1.88. The second kappa shape index (κ2) is 4.21. The van der Waals surface area contributed by atoms with Crippen LogP contribution in [0.15, 0.2) is 0 Å². The molecule has 12 heavy (non-hydrogen) atoms. The molecule has 0 aromatic carbocycles. The standard InChI is InChI=1S/C9H18O3/c1-6(2)11-9-5-8(10)4-7(3)12-9/h6-10H,4-5H2,1-3H3. The van der Waals surface area contributed by atoms with Crippen molar-refractivity contribution in [1.29, 1.82) is 0 Å². The van der Waals surface area contributed by atoms with Gasteiger partial charge in [-0.2, -0.15) is 0 Å². The Kier molecular flexibility index (Phi) is 3.50. The number of rotatable bonds is 2. The maximum absolute atomic E-state index is 9.40. The second-order valence-electron chi connectivity index (χ2n) is 3.69. The highest BCUT2D eigenvalue weighted by Gasteiger charge is 2.26. The van der Waals surface area contributed by atoms with E-state index < -0.39 is 0 Å². The molecule has 1 heterocycles. The first-order valence-electron chi connectivity index (χ1n) is 4.57. The van der Waals surface area contributed by atoms with Crippen molar-refractivity contribution in [2.45, 2.75) is 58.2 Å². The highest BCUT2D eigenvalue weighted by Crippen LogP contribution is 2.20. The number of ether oxygens (including phenoxy) is 2. The highest BCUT2D eigenvalue weighted by atomic mass is 16.7. The van der Waals surface area contributed by atoms with Crippen molar-refractivity contribution in [2.75, 3.05) is 0 Å². The number of aliphatic hydroxyl groups is 1. The zero-order valence-corrected chi connectivity index (χ0v) is 7.99. The normalized spacial score (nSPS) is 37.2. The topological polar surface area (TPSA) is 38.7 Å². The predicted molar refractivity (Wildman–Crippen MR) is 45.8 cm³/mol. The Morgan fingerprint density at radius 3 is 2.58 bits per heavy atom. The van der Waals surface area contributed by atoms with Crippen molar-refractivity contribution in [1.82, 2.24) is 0 Å². The molecule has 0 aromatic heterocycles. The third kappa shape index (κ3) is 3.09. The molecule has 0 aromatic rings. The first-order valence-corrected chi connectivity index (χ1v) is 4.57. The van der Waals surface area contributed by atoms with Crippen molar-refractivity contribution < 1.29 is 14.6 Å². The molecule has 3 atom stereocenters. The lowest BCUT2D eigenvalue weighted by molar-refractivity contribution is -0.224. The van der Waals surface area contributed by atoms with Crippen molar-refractivity contribution in [2.24, 2.45) is 0 Å². The van der Waals surface area contributed by atoms with Gasteiger partial charge in [0, 0.05) is 6.42 Å². The lowest BCUT2D eigenvalue weighted by atomic mass is 10.1. The van der Waals surface area contributed by atoms with Crippen LogP contribution in [0.3, 0.4) is 0 Å². The fourth-order valence-corrected chi connectivity index (χ4v) is 1.46. The Labute approximate surface area is 73.7 Å². The van der Waals surface area contributed by atoms with Gasteiger partial charge in [-0.05, 0) is 27.2 Å². The molecule has 3 nitrogen and oxygen atoms in total. The van der Waals surface area contributed by atoms with E-state index in [0.29, 0.717) is 6.42 Å². The molecule has 0 spiro atoms. The van der Waals surface area contributed by atoms with E-state index >= 15 is 0 Å². The first kappa shape index (κ1) is 9.96. The van der Waals surface area contributed by atoms with Crippen LogP contribution in [0, 0.1) is 0 Å². The summed E-state index contributed by atoms with van der Waals surface area (Å²) in [6, 6.07) is 0. The molecule has 1 aliphatic rings. The summed E-state index contributed by atoms with van der Waals surface area (Å²) in [5, 5.41) is 9.40. The second-order valence-corrected chi connectivity index (χ2v) is 3.69. The molecule has 3 heteroatoms. The molecule has 0 aliphatic carbocycles. The lowest BCUT2D eigenvalue weighted by Crippen LogP contribution is -2.36. The quantitative estimate of drug-likeness (QED) is 0.685. The largest absolute Gasteiger partial charge is 0.393 e. The summed E-state index contributed by atoms with van der Waals surface area (Å²) in [5.41, 5.74) is 0. The van der Waals surface area contributed by atoms with Crippen molar-refractivity contribution in [3.05, 3.63) is 0 Å². The minimum atomic E-state index is -0.266. The van der Waals surface area contributed by atoms with Crippen LogP contribution in [0.1, 0.15) is 33.6 Å². The maximum Gasteiger partial charge on any atom is 0.160 e. The van der Waals surface area contributed by atoms with Gasteiger partial charge >= 0.3 is 0 Å². The molecule has 1 N–H and O–H groups in total. The molecular formula is C9H18O3. The molecule has 0 bridgehead atoms. The average molecular weight is 174 g/mol. The van der Waals surface area contributed by atoms with Crippen LogP contribution in [0.5, 0.6) is 0 Å². The van der Waals surface area contributed by atoms with Gasteiger partial charge in [-0.25, -0.2) is 0 Å². The number of hydrogen-bond acceptors (Lipinski definition) is 3. The summed E-state index contributed by atoms with van der Waals surface area (Å²) >= 11 is 0. The number of hydrogen-bond donors (Lipinski definition) is 1. The first-order chi connectivity index (χ1) is 5.58. The molecule has 0 saturated carbocycles. The third-order valence-electron chi connectivity index (χ3n) is 1.88. The minimum absolute atomic E-state index is 0.109.